The Morgan fingerprint density at radius 2 is 2.27 bits per heavy atom. The summed E-state index contributed by atoms with van der Waals surface area (Å²) >= 11 is 7.64. The maximum atomic E-state index is 9.20. The minimum absolute atomic E-state index is 0.216. The summed E-state index contributed by atoms with van der Waals surface area (Å²) < 4.78 is 0. The molecule has 0 radical (unpaired) electrons. The highest BCUT2D eigenvalue weighted by Crippen LogP contribution is 2.21. The molecule has 2 nitrogen and oxygen atoms in total. The van der Waals surface area contributed by atoms with Gasteiger partial charge in [-0.3, -0.25) is 0 Å². The quantitative estimate of drug-likeness (QED) is 0.810. The molecule has 0 aliphatic carbocycles. The van der Waals surface area contributed by atoms with Crippen LogP contribution >= 0.6 is 22.9 Å². The molecule has 2 atom stereocenters. The zero-order chi connectivity index (χ0) is 11.3. The fourth-order valence-electron chi connectivity index (χ4n) is 1.55. The molecule has 0 bridgehead atoms. The van der Waals surface area contributed by atoms with Crippen LogP contribution in [0.3, 0.4) is 0 Å². The summed E-state index contributed by atoms with van der Waals surface area (Å²) in [6.07, 6.45) is 0.623. The minimum atomic E-state index is -0.216. The van der Waals surface area contributed by atoms with Gasteiger partial charge in [-0.1, -0.05) is 18.5 Å². The van der Waals surface area contributed by atoms with E-state index in [1.165, 1.54) is 4.88 Å². The molecule has 0 aliphatic rings. The van der Waals surface area contributed by atoms with Gasteiger partial charge < -0.3 is 10.4 Å². The molecule has 86 valence electrons. The number of hydrogen-bond acceptors (Lipinski definition) is 3. The third-order valence-electron chi connectivity index (χ3n) is 2.21. The highest BCUT2D eigenvalue weighted by Gasteiger charge is 2.06. The van der Waals surface area contributed by atoms with E-state index in [0.717, 1.165) is 24.5 Å². The van der Waals surface area contributed by atoms with Crippen molar-refractivity contribution < 1.29 is 5.11 Å². The van der Waals surface area contributed by atoms with Crippen LogP contribution in [0.5, 0.6) is 0 Å². The molecule has 0 fully saturated rings. The first kappa shape index (κ1) is 13.0. The highest BCUT2D eigenvalue weighted by atomic mass is 35.5. The van der Waals surface area contributed by atoms with Gasteiger partial charge >= 0.3 is 0 Å². The highest BCUT2D eigenvalue weighted by molar-refractivity contribution is 7.10. The van der Waals surface area contributed by atoms with Gasteiger partial charge in [-0.05, 0) is 37.3 Å². The number of halogens is 1. The van der Waals surface area contributed by atoms with E-state index in [4.69, 9.17) is 11.6 Å². The molecule has 1 aromatic rings. The SMILES string of the molecule is C[C@H](CNCc1sccc1Cl)C[C@H](C)O. The molecule has 0 amide bonds. The molecule has 4 heteroatoms. The van der Waals surface area contributed by atoms with Crippen LogP contribution in [0.15, 0.2) is 11.4 Å². The monoisotopic (exact) mass is 247 g/mol. The van der Waals surface area contributed by atoms with E-state index in [1.54, 1.807) is 11.3 Å². The van der Waals surface area contributed by atoms with E-state index in [-0.39, 0.29) is 6.10 Å². The van der Waals surface area contributed by atoms with Crippen molar-refractivity contribution >= 4 is 22.9 Å². The van der Waals surface area contributed by atoms with Gasteiger partial charge in [-0.25, -0.2) is 0 Å². The third kappa shape index (κ3) is 4.98. The number of thiophene rings is 1. The minimum Gasteiger partial charge on any atom is -0.393 e. The van der Waals surface area contributed by atoms with E-state index in [0.29, 0.717) is 5.92 Å². The zero-order valence-electron chi connectivity index (χ0n) is 9.16. The lowest BCUT2D eigenvalue weighted by Crippen LogP contribution is -2.22. The lowest BCUT2D eigenvalue weighted by Gasteiger charge is -2.13. The molecule has 1 aromatic heterocycles. The molecule has 15 heavy (non-hydrogen) atoms. The number of rotatable bonds is 6. The lowest BCUT2D eigenvalue weighted by molar-refractivity contribution is 0.163. The summed E-state index contributed by atoms with van der Waals surface area (Å²) in [6.45, 7) is 5.70. The molecule has 0 saturated carbocycles. The first-order chi connectivity index (χ1) is 7.09. The van der Waals surface area contributed by atoms with Crippen molar-refractivity contribution in [3.63, 3.8) is 0 Å². The van der Waals surface area contributed by atoms with Crippen LogP contribution in [0.1, 0.15) is 25.1 Å². The number of nitrogens with one attached hydrogen (secondary N) is 1. The van der Waals surface area contributed by atoms with Crippen molar-refractivity contribution in [3.05, 3.63) is 21.3 Å². The Hall–Kier alpha value is -0.0900. The van der Waals surface area contributed by atoms with Crippen molar-refractivity contribution in [1.82, 2.24) is 5.32 Å². The maximum Gasteiger partial charge on any atom is 0.0558 e. The molecule has 2 N–H and O–H groups in total. The van der Waals surface area contributed by atoms with Gasteiger partial charge in [0.2, 0.25) is 0 Å². The van der Waals surface area contributed by atoms with Crippen molar-refractivity contribution in [2.45, 2.75) is 32.9 Å². The average Bonchev–Trinajstić information content (AvgIpc) is 2.50. The van der Waals surface area contributed by atoms with E-state index in [2.05, 4.69) is 12.2 Å². The predicted octanol–water partition coefficient (Wildman–Crippen LogP) is 2.90. The lowest BCUT2D eigenvalue weighted by atomic mass is 10.1. The smallest absolute Gasteiger partial charge is 0.0558 e. The van der Waals surface area contributed by atoms with Gasteiger partial charge in [0.1, 0.15) is 0 Å². The summed E-state index contributed by atoms with van der Waals surface area (Å²) in [5.74, 6) is 0.490. The van der Waals surface area contributed by atoms with E-state index < -0.39 is 0 Å². The average molecular weight is 248 g/mol. The maximum absolute atomic E-state index is 9.20. The Bertz CT molecular complexity index is 288. The number of aliphatic hydroxyl groups is 1. The number of hydrogen-bond donors (Lipinski definition) is 2. The van der Waals surface area contributed by atoms with Gasteiger partial charge in [-0.15, -0.1) is 11.3 Å². The molecule has 0 aliphatic heterocycles. The Kier molecular flexibility index (Phi) is 5.61. The Morgan fingerprint density at radius 3 is 2.80 bits per heavy atom. The second kappa shape index (κ2) is 6.48. The zero-order valence-corrected chi connectivity index (χ0v) is 10.7. The summed E-state index contributed by atoms with van der Waals surface area (Å²) in [6, 6.07) is 1.92. The molecule has 0 aromatic carbocycles. The second-order valence-electron chi connectivity index (χ2n) is 4.01. The van der Waals surface area contributed by atoms with Gasteiger partial charge in [0.05, 0.1) is 11.1 Å². The van der Waals surface area contributed by atoms with Gasteiger partial charge in [0.15, 0.2) is 0 Å². The van der Waals surface area contributed by atoms with Crippen molar-refractivity contribution in [2.75, 3.05) is 6.54 Å². The normalized spacial score (nSPS) is 15.2. The Balaban J connectivity index is 2.19. The van der Waals surface area contributed by atoms with Gasteiger partial charge in [-0.2, -0.15) is 0 Å². The molecule has 1 heterocycles. The third-order valence-corrected chi connectivity index (χ3v) is 3.60. The topological polar surface area (TPSA) is 32.3 Å². The van der Waals surface area contributed by atoms with E-state index in [9.17, 15) is 5.11 Å². The summed E-state index contributed by atoms with van der Waals surface area (Å²) in [5.41, 5.74) is 0. The largest absolute Gasteiger partial charge is 0.393 e. The Labute approximate surface area is 100 Å². The van der Waals surface area contributed by atoms with Crippen molar-refractivity contribution in [1.29, 1.82) is 0 Å². The molecular weight excluding hydrogens is 230 g/mol. The number of aliphatic hydroxyl groups excluding tert-OH is 1. The van der Waals surface area contributed by atoms with Crippen LogP contribution in [0.25, 0.3) is 0 Å². The van der Waals surface area contributed by atoms with E-state index >= 15 is 0 Å². The predicted molar refractivity (Wildman–Crippen MR) is 66.5 cm³/mol. The van der Waals surface area contributed by atoms with Gasteiger partial charge in [0, 0.05) is 11.4 Å². The van der Waals surface area contributed by atoms with Crippen molar-refractivity contribution in [2.24, 2.45) is 5.92 Å². The summed E-state index contributed by atoms with van der Waals surface area (Å²) in [5, 5.41) is 15.4. The first-order valence-corrected chi connectivity index (χ1v) is 6.46. The van der Waals surface area contributed by atoms with Crippen LogP contribution in [-0.2, 0) is 6.54 Å². The molecule has 1 rings (SSSR count). The van der Waals surface area contributed by atoms with Crippen LogP contribution in [-0.4, -0.2) is 17.8 Å². The van der Waals surface area contributed by atoms with Crippen LogP contribution in [0, 0.1) is 5.92 Å². The van der Waals surface area contributed by atoms with Gasteiger partial charge in [0.25, 0.3) is 0 Å². The fourth-order valence-corrected chi connectivity index (χ4v) is 2.62. The first-order valence-electron chi connectivity index (χ1n) is 5.20. The van der Waals surface area contributed by atoms with Crippen LogP contribution < -0.4 is 5.32 Å². The van der Waals surface area contributed by atoms with E-state index in [1.807, 2.05) is 18.4 Å². The van der Waals surface area contributed by atoms with Crippen LogP contribution in [0.4, 0.5) is 0 Å². The molecule has 0 unspecified atom stereocenters. The molecule has 0 saturated heterocycles. The second-order valence-corrected chi connectivity index (χ2v) is 5.42. The Morgan fingerprint density at radius 1 is 1.53 bits per heavy atom. The summed E-state index contributed by atoms with van der Waals surface area (Å²) in [7, 11) is 0. The fraction of sp³-hybridized carbons (Fsp3) is 0.636. The molecular formula is C11H18ClNOS. The van der Waals surface area contributed by atoms with Crippen LogP contribution in [0.2, 0.25) is 5.02 Å². The summed E-state index contributed by atoms with van der Waals surface area (Å²) in [4.78, 5) is 1.18. The standard InChI is InChI=1S/C11H18ClNOS/c1-8(5-9(2)14)6-13-7-11-10(12)3-4-15-11/h3-4,8-9,13-14H,5-7H2,1-2H3/t8-,9-/m0/s1. The molecule has 0 spiro atoms. The van der Waals surface area contributed by atoms with Crippen molar-refractivity contribution in [3.8, 4) is 0 Å².